The third kappa shape index (κ3) is 5.05. The Bertz CT molecular complexity index is 1440. The Morgan fingerprint density at radius 1 is 1.03 bits per heavy atom. The first-order chi connectivity index (χ1) is 17.3. The molecule has 0 unspecified atom stereocenters. The van der Waals surface area contributed by atoms with Crippen molar-refractivity contribution in [1.29, 1.82) is 0 Å². The maximum Gasteiger partial charge on any atom is 0.435 e. The van der Waals surface area contributed by atoms with Gasteiger partial charge in [-0.3, -0.25) is 13.9 Å². The van der Waals surface area contributed by atoms with Crippen LogP contribution in [0.1, 0.15) is 47.3 Å². The monoisotopic (exact) mass is 523 g/mol. The predicted octanol–water partition coefficient (Wildman–Crippen LogP) is 6.78. The molecule has 1 fully saturated rings. The Balaban J connectivity index is 1.75. The molecule has 5 nitrogen and oxygen atoms in total. The van der Waals surface area contributed by atoms with E-state index in [-0.39, 0.29) is 18.0 Å². The molecule has 0 radical (unpaired) electrons. The van der Waals surface area contributed by atoms with Crippen LogP contribution in [0.2, 0.25) is 0 Å². The molecule has 1 aromatic carbocycles. The molecular weight excluding hydrogens is 496 g/mol. The lowest BCUT2D eigenvalue weighted by Crippen LogP contribution is -2.35. The molecule has 0 N–H and O–H groups in total. The Hall–Kier alpha value is -3.08. The second-order valence-electron chi connectivity index (χ2n) is 10.0. The van der Waals surface area contributed by atoms with Gasteiger partial charge in [0.25, 0.3) is 0 Å². The van der Waals surface area contributed by atoms with E-state index in [1.807, 2.05) is 32.9 Å². The minimum Gasteiger partial charge on any atom is -0.289 e. The van der Waals surface area contributed by atoms with Crippen LogP contribution in [-0.4, -0.2) is 43.1 Å². The number of hydrogen-bond donors (Lipinski definition) is 0. The quantitative estimate of drug-likeness (QED) is 0.251. The average Bonchev–Trinajstić information content (AvgIpc) is 3.45. The Kier molecular flexibility index (Phi) is 6.24. The van der Waals surface area contributed by atoms with Crippen LogP contribution in [0.3, 0.4) is 0 Å². The molecule has 37 heavy (non-hydrogen) atoms. The topological polar surface area (TPSA) is 38.4 Å². The van der Waals surface area contributed by atoms with E-state index in [9.17, 15) is 26.3 Å². The highest BCUT2D eigenvalue weighted by atomic mass is 19.4. The van der Waals surface area contributed by atoms with Gasteiger partial charge in [-0.05, 0) is 62.9 Å². The van der Waals surface area contributed by atoms with Gasteiger partial charge in [0.05, 0.1) is 23.4 Å². The van der Waals surface area contributed by atoms with Gasteiger partial charge in [0, 0.05) is 12.7 Å². The lowest BCUT2D eigenvalue weighted by Gasteiger charge is -2.24. The van der Waals surface area contributed by atoms with Crippen LogP contribution in [0.15, 0.2) is 30.5 Å². The standard InChI is InChI=1S/C26H27F6N5/c1-15-11-16(2)21(17(3)12-15)37-23-19(5-4-9-33-23)36-20(22(26(30,31)32)34-24(36)37)13-35(14-25(27,28)29)10-8-18-6-7-18/h4-5,9,11-12,18H,6-8,10,13-14H2,1-3H3. The fourth-order valence-electron chi connectivity index (χ4n) is 5.23. The summed E-state index contributed by atoms with van der Waals surface area (Å²) in [5.74, 6) is 0.308. The average molecular weight is 524 g/mol. The molecule has 11 heteroatoms. The van der Waals surface area contributed by atoms with E-state index in [1.54, 1.807) is 16.7 Å². The van der Waals surface area contributed by atoms with Crippen molar-refractivity contribution in [2.45, 2.75) is 58.9 Å². The zero-order valence-electron chi connectivity index (χ0n) is 20.7. The molecule has 198 valence electrons. The first-order valence-corrected chi connectivity index (χ1v) is 12.1. The van der Waals surface area contributed by atoms with Gasteiger partial charge in [0.2, 0.25) is 5.78 Å². The number of nitrogens with zero attached hydrogens (tertiary/aromatic N) is 5. The van der Waals surface area contributed by atoms with Gasteiger partial charge in [-0.15, -0.1) is 0 Å². The molecule has 0 amide bonds. The molecular formula is C26H27F6N5. The minimum atomic E-state index is -4.85. The number of alkyl halides is 6. The summed E-state index contributed by atoms with van der Waals surface area (Å²) in [6.45, 7) is 3.87. The van der Waals surface area contributed by atoms with Crippen molar-refractivity contribution in [3.8, 4) is 5.69 Å². The third-order valence-electron chi connectivity index (χ3n) is 6.83. The van der Waals surface area contributed by atoms with Gasteiger partial charge in [-0.1, -0.05) is 30.5 Å². The van der Waals surface area contributed by atoms with Gasteiger partial charge in [0.1, 0.15) is 0 Å². The Labute approximate surface area is 209 Å². The van der Waals surface area contributed by atoms with E-state index in [4.69, 9.17) is 0 Å². The van der Waals surface area contributed by atoms with Crippen LogP contribution in [0.5, 0.6) is 0 Å². The van der Waals surface area contributed by atoms with Gasteiger partial charge in [-0.25, -0.2) is 9.97 Å². The van der Waals surface area contributed by atoms with Gasteiger partial charge >= 0.3 is 12.4 Å². The highest BCUT2D eigenvalue weighted by Gasteiger charge is 2.41. The van der Waals surface area contributed by atoms with Crippen LogP contribution in [0.25, 0.3) is 22.6 Å². The number of halogens is 6. The van der Waals surface area contributed by atoms with Crippen molar-refractivity contribution in [2.24, 2.45) is 5.92 Å². The number of imidazole rings is 2. The number of pyridine rings is 1. The normalized spacial score (nSPS) is 15.0. The molecule has 1 aliphatic rings. The maximum absolute atomic E-state index is 14.3. The van der Waals surface area contributed by atoms with E-state index in [0.29, 0.717) is 29.2 Å². The molecule has 3 heterocycles. The molecule has 0 saturated heterocycles. The van der Waals surface area contributed by atoms with Crippen LogP contribution in [0.4, 0.5) is 26.3 Å². The van der Waals surface area contributed by atoms with E-state index >= 15 is 0 Å². The van der Waals surface area contributed by atoms with Crippen molar-refractivity contribution in [3.63, 3.8) is 0 Å². The second-order valence-corrected chi connectivity index (χ2v) is 10.0. The van der Waals surface area contributed by atoms with Crippen molar-refractivity contribution in [2.75, 3.05) is 13.1 Å². The van der Waals surface area contributed by atoms with E-state index in [1.165, 1.54) is 10.6 Å². The van der Waals surface area contributed by atoms with Gasteiger partial charge < -0.3 is 0 Å². The SMILES string of the molecule is Cc1cc(C)c(-n2c3ncccc3n3c(CN(CCC4CC4)CC(F)(F)F)c(C(F)(F)F)nc23)c(C)c1. The number of hydrogen-bond acceptors (Lipinski definition) is 3. The summed E-state index contributed by atoms with van der Waals surface area (Å²) in [5.41, 5.74) is 2.53. The largest absolute Gasteiger partial charge is 0.435 e. The highest BCUT2D eigenvalue weighted by Crippen LogP contribution is 2.38. The van der Waals surface area contributed by atoms with Crippen LogP contribution < -0.4 is 0 Å². The number of rotatable bonds is 7. The summed E-state index contributed by atoms with van der Waals surface area (Å²) < 4.78 is 86.0. The molecule has 1 saturated carbocycles. The molecule has 0 atom stereocenters. The summed E-state index contributed by atoms with van der Waals surface area (Å²) in [5, 5.41) is 0. The van der Waals surface area contributed by atoms with E-state index in [2.05, 4.69) is 9.97 Å². The molecule has 3 aromatic heterocycles. The fraction of sp³-hybridized carbons (Fsp3) is 0.462. The van der Waals surface area contributed by atoms with Crippen molar-refractivity contribution in [1.82, 2.24) is 23.8 Å². The summed E-state index contributed by atoms with van der Waals surface area (Å²) >= 11 is 0. The number of benzene rings is 1. The van der Waals surface area contributed by atoms with Crippen LogP contribution >= 0.6 is 0 Å². The highest BCUT2D eigenvalue weighted by molar-refractivity contribution is 5.81. The second kappa shape index (κ2) is 9.04. The summed E-state index contributed by atoms with van der Waals surface area (Å²) in [7, 11) is 0. The zero-order chi connectivity index (χ0) is 26.7. The molecule has 1 aliphatic carbocycles. The lowest BCUT2D eigenvalue weighted by atomic mass is 10.1. The summed E-state index contributed by atoms with van der Waals surface area (Å²) in [6, 6.07) is 7.06. The lowest BCUT2D eigenvalue weighted by molar-refractivity contribution is -0.149. The summed E-state index contributed by atoms with van der Waals surface area (Å²) in [4.78, 5) is 9.50. The molecule has 0 bridgehead atoms. The zero-order valence-corrected chi connectivity index (χ0v) is 20.7. The predicted molar refractivity (Wildman–Crippen MR) is 128 cm³/mol. The van der Waals surface area contributed by atoms with Crippen molar-refractivity contribution >= 4 is 16.9 Å². The van der Waals surface area contributed by atoms with Crippen molar-refractivity contribution < 1.29 is 26.3 Å². The maximum atomic E-state index is 14.3. The molecule has 0 spiro atoms. The van der Waals surface area contributed by atoms with Gasteiger partial charge in [0.15, 0.2) is 11.3 Å². The molecule has 4 aromatic rings. The number of aryl methyl sites for hydroxylation is 3. The first kappa shape index (κ1) is 25.6. The van der Waals surface area contributed by atoms with E-state index < -0.39 is 31.1 Å². The minimum absolute atomic E-state index is 0.0276. The van der Waals surface area contributed by atoms with Crippen LogP contribution in [0, 0.1) is 26.7 Å². The van der Waals surface area contributed by atoms with Gasteiger partial charge in [-0.2, -0.15) is 26.3 Å². The fourth-order valence-corrected chi connectivity index (χ4v) is 5.23. The Morgan fingerprint density at radius 3 is 2.30 bits per heavy atom. The summed E-state index contributed by atoms with van der Waals surface area (Å²) in [6.07, 6.45) is -5.45. The smallest absolute Gasteiger partial charge is 0.289 e. The molecule has 5 rings (SSSR count). The van der Waals surface area contributed by atoms with Crippen molar-refractivity contribution in [3.05, 3.63) is 58.5 Å². The third-order valence-corrected chi connectivity index (χ3v) is 6.83. The Morgan fingerprint density at radius 2 is 1.70 bits per heavy atom. The first-order valence-electron chi connectivity index (χ1n) is 12.1. The number of aromatic nitrogens is 4. The molecule has 0 aliphatic heterocycles. The number of fused-ring (bicyclic) bond motifs is 3. The van der Waals surface area contributed by atoms with E-state index in [0.717, 1.165) is 34.4 Å². The van der Waals surface area contributed by atoms with Crippen LogP contribution in [-0.2, 0) is 12.7 Å².